The van der Waals surface area contributed by atoms with Crippen molar-refractivity contribution in [1.29, 1.82) is 0 Å². The second-order valence-corrected chi connectivity index (χ2v) is 12.6. The molecule has 4 atom stereocenters. The van der Waals surface area contributed by atoms with E-state index >= 15 is 0 Å². The van der Waals surface area contributed by atoms with Crippen LogP contribution in [0.15, 0.2) is 36.8 Å². The summed E-state index contributed by atoms with van der Waals surface area (Å²) in [5.41, 5.74) is 1.19. The summed E-state index contributed by atoms with van der Waals surface area (Å²) in [6, 6.07) is 4.09. The minimum Gasteiger partial charge on any atom is -0.391 e. The summed E-state index contributed by atoms with van der Waals surface area (Å²) < 4.78 is 76.4. The van der Waals surface area contributed by atoms with Crippen LogP contribution in [-0.4, -0.2) is 61.2 Å². The fourth-order valence-electron chi connectivity index (χ4n) is 5.18. The highest BCUT2D eigenvalue weighted by Gasteiger charge is 2.37. The molecule has 0 unspecified atom stereocenters. The molecule has 10 nitrogen and oxygen atoms in total. The van der Waals surface area contributed by atoms with Gasteiger partial charge in [0.15, 0.2) is 0 Å². The van der Waals surface area contributed by atoms with Gasteiger partial charge in [-0.1, -0.05) is 6.07 Å². The Kier molecular flexibility index (Phi) is 8.20. The third-order valence-corrected chi connectivity index (χ3v) is 9.31. The van der Waals surface area contributed by atoms with Gasteiger partial charge < -0.3 is 15.2 Å². The molecule has 15 heteroatoms. The van der Waals surface area contributed by atoms with Crippen molar-refractivity contribution in [3.63, 3.8) is 0 Å². The molecule has 0 bridgehead atoms. The number of ketones is 1. The van der Waals surface area contributed by atoms with E-state index in [0.717, 1.165) is 29.7 Å². The number of fused-ring (bicyclic) bond motifs is 1. The van der Waals surface area contributed by atoms with E-state index in [1.54, 1.807) is 13.0 Å². The summed E-state index contributed by atoms with van der Waals surface area (Å²) in [6.45, 7) is 2.11. The van der Waals surface area contributed by atoms with Gasteiger partial charge in [0.1, 0.15) is 18.2 Å². The first kappa shape index (κ1) is 29.5. The fraction of sp³-hybridized carbons (Fsp3) is 0.423. The zero-order valence-corrected chi connectivity index (χ0v) is 23.6. The molecule has 1 saturated carbocycles. The third kappa shape index (κ3) is 6.29. The van der Waals surface area contributed by atoms with Gasteiger partial charge in [0.05, 0.1) is 41.9 Å². The Morgan fingerprint density at radius 3 is 2.73 bits per heavy atom. The van der Waals surface area contributed by atoms with Gasteiger partial charge in [0, 0.05) is 17.1 Å². The van der Waals surface area contributed by atoms with Gasteiger partial charge in [0.2, 0.25) is 5.78 Å². The van der Waals surface area contributed by atoms with E-state index in [2.05, 4.69) is 24.2 Å². The molecule has 0 amide bonds. The Morgan fingerprint density at radius 1 is 1.22 bits per heavy atom. The predicted molar refractivity (Wildman–Crippen MR) is 143 cm³/mol. The number of carbonyl (C=O) groups excluding carboxylic acids is 1. The lowest BCUT2D eigenvalue weighted by Gasteiger charge is -2.27. The number of ether oxygens (including phenoxy) is 1. The van der Waals surface area contributed by atoms with Crippen LogP contribution >= 0.6 is 11.3 Å². The molecular formula is C26H27F3N4O6S2. The van der Waals surface area contributed by atoms with Gasteiger partial charge in [-0.3, -0.25) is 8.98 Å². The van der Waals surface area contributed by atoms with Crippen molar-refractivity contribution in [2.24, 2.45) is 0 Å². The minimum atomic E-state index is -4.50. The maximum absolute atomic E-state index is 13.6. The Balaban J connectivity index is 1.38. The number of hydrogen-bond acceptors (Lipinski definition) is 10. The van der Waals surface area contributed by atoms with Gasteiger partial charge >= 0.3 is 16.5 Å². The molecule has 1 aliphatic heterocycles. The van der Waals surface area contributed by atoms with Crippen LogP contribution in [0.5, 0.6) is 0 Å². The number of aliphatic hydroxyl groups is 1. The number of aliphatic hydroxyl groups excluding tert-OH is 1. The van der Waals surface area contributed by atoms with Crippen molar-refractivity contribution in [3.05, 3.63) is 74.4 Å². The number of halogens is 3. The average Bonchev–Trinajstić information content (AvgIpc) is 3.48. The van der Waals surface area contributed by atoms with E-state index in [0.29, 0.717) is 29.0 Å². The van der Waals surface area contributed by atoms with E-state index in [9.17, 15) is 31.5 Å². The molecule has 1 aromatic carbocycles. The van der Waals surface area contributed by atoms with Crippen LogP contribution in [0.1, 0.15) is 61.3 Å². The molecule has 3 N–H and O–H groups in total. The van der Waals surface area contributed by atoms with Crippen molar-refractivity contribution in [2.45, 2.75) is 56.7 Å². The van der Waals surface area contributed by atoms with Gasteiger partial charge in [-0.05, 0) is 61.1 Å². The van der Waals surface area contributed by atoms with Gasteiger partial charge in [0.25, 0.3) is 0 Å². The van der Waals surface area contributed by atoms with Gasteiger partial charge in [-0.25, -0.2) is 9.97 Å². The number of nitrogens with one attached hydrogen (secondary N) is 2. The van der Waals surface area contributed by atoms with Crippen molar-refractivity contribution < 1.29 is 40.4 Å². The lowest BCUT2D eigenvalue weighted by molar-refractivity contribution is -0.137. The monoisotopic (exact) mass is 612 g/mol. The summed E-state index contributed by atoms with van der Waals surface area (Å²) in [4.78, 5) is 22.8. The number of rotatable bonds is 8. The number of carbonyl (C=O) groups is 1. The van der Waals surface area contributed by atoms with E-state index in [4.69, 9.17) is 4.74 Å². The Morgan fingerprint density at radius 2 is 2.00 bits per heavy atom. The van der Waals surface area contributed by atoms with E-state index < -0.39 is 52.1 Å². The Labute approximate surface area is 238 Å². The van der Waals surface area contributed by atoms with Crippen LogP contribution in [0.2, 0.25) is 0 Å². The first-order valence-corrected chi connectivity index (χ1v) is 14.9. The molecule has 1 fully saturated rings. The molecule has 0 radical (unpaired) electrons. The summed E-state index contributed by atoms with van der Waals surface area (Å²) >= 11 is 1.19. The van der Waals surface area contributed by atoms with Crippen molar-refractivity contribution >= 4 is 33.2 Å². The lowest BCUT2D eigenvalue weighted by atomic mass is 9.91. The highest BCUT2D eigenvalue weighted by Crippen LogP contribution is 2.41. The topological polar surface area (TPSA) is 140 Å². The van der Waals surface area contributed by atoms with Crippen LogP contribution in [0.25, 0.3) is 0 Å². The molecule has 5 rings (SSSR count). The van der Waals surface area contributed by atoms with E-state index in [1.165, 1.54) is 29.9 Å². The number of alkyl halides is 3. The number of benzene rings is 1. The van der Waals surface area contributed by atoms with Crippen molar-refractivity contribution in [1.82, 2.24) is 14.7 Å². The molecule has 0 saturated heterocycles. The first-order valence-electron chi connectivity index (χ1n) is 12.7. The second-order valence-electron chi connectivity index (χ2n) is 9.87. The number of aryl methyl sites for hydroxylation is 1. The number of nitrogens with zero attached hydrogens (tertiary/aromatic N) is 2. The summed E-state index contributed by atoms with van der Waals surface area (Å²) in [5, 5.41) is 13.5. The SMILES string of the molecule is COS(=O)(=O)N[C@@H]1C[C@@H](Nc2ncncc2C(=O)c2cc([C@H]3OCCc4ccc(C(F)(F)F)cc43)c(C)s2)C[C@@H]1O. The van der Waals surface area contributed by atoms with Gasteiger partial charge in [-0.15, -0.1) is 11.3 Å². The third-order valence-electron chi connectivity index (χ3n) is 7.22. The molecule has 41 heavy (non-hydrogen) atoms. The van der Waals surface area contributed by atoms with Crippen LogP contribution in [0.4, 0.5) is 19.0 Å². The smallest absolute Gasteiger partial charge is 0.391 e. The van der Waals surface area contributed by atoms with Crippen molar-refractivity contribution in [3.8, 4) is 0 Å². The fourth-order valence-corrected chi connectivity index (χ4v) is 6.90. The number of aromatic nitrogens is 2. The van der Waals surface area contributed by atoms with Crippen LogP contribution in [0, 0.1) is 6.92 Å². The normalized spacial score (nSPS) is 22.9. The molecule has 1 aliphatic carbocycles. The van der Waals surface area contributed by atoms with Crippen LogP contribution in [0.3, 0.4) is 0 Å². The molecule has 3 aromatic rings. The van der Waals surface area contributed by atoms with Gasteiger partial charge in [-0.2, -0.15) is 26.3 Å². The molecule has 3 heterocycles. The Bertz CT molecular complexity index is 1560. The average molecular weight is 613 g/mol. The zero-order valence-electron chi connectivity index (χ0n) is 21.9. The summed E-state index contributed by atoms with van der Waals surface area (Å²) in [6.07, 6.45) is -2.75. The van der Waals surface area contributed by atoms with Crippen LogP contribution in [-0.2, 0) is 31.8 Å². The molecular weight excluding hydrogens is 585 g/mol. The van der Waals surface area contributed by atoms with Crippen LogP contribution < -0.4 is 10.0 Å². The highest BCUT2D eigenvalue weighted by atomic mass is 32.2. The number of hydrogen-bond donors (Lipinski definition) is 3. The number of thiophene rings is 1. The largest absolute Gasteiger partial charge is 0.416 e. The summed E-state index contributed by atoms with van der Waals surface area (Å²) in [5.74, 6) is -0.193. The summed E-state index contributed by atoms with van der Waals surface area (Å²) in [7, 11) is -3.00. The van der Waals surface area contributed by atoms with Crippen molar-refractivity contribution in [2.75, 3.05) is 19.0 Å². The quantitative estimate of drug-likeness (QED) is 0.326. The first-order chi connectivity index (χ1) is 19.4. The van der Waals surface area contributed by atoms with E-state index in [-0.39, 0.29) is 24.2 Å². The molecule has 0 spiro atoms. The van der Waals surface area contributed by atoms with E-state index in [1.807, 2.05) is 0 Å². The molecule has 220 valence electrons. The number of anilines is 1. The standard InChI is InChI=1S/C26H27F3N4O6S2/c1-13-17(24-18-7-15(26(27,28)29)4-3-14(18)5-6-39-24)10-22(40-13)23(35)19-11-30-12-31-25(19)32-16-8-20(21(34)9-16)33-41(36,37)38-2/h3-4,7,10-12,16,20-21,24,33-34H,5-6,8-9H2,1-2H3,(H,30,31,32)/t16-,20-,21+,24-/m1/s1. The minimum absolute atomic E-state index is 0.153. The molecule has 2 aliphatic rings. The zero-order chi connectivity index (χ0) is 29.5. The maximum atomic E-state index is 13.6. The molecule has 2 aromatic heterocycles. The predicted octanol–water partition coefficient (Wildman–Crippen LogP) is 3.54. The Hall–Kier alpha value is -2.95. The second kappa shape index (κ2) is 11.4. The lowest BCUT2D eigenvalue weighted by Crippen LogP contribution is -2.40. The maximum Gasteiger partial charge on any atom is 0.416 e. The highest BCUT2D eigenvalue weighted by molar-refractivity contribution is 7.84.